The second kappa shape index (κ2) is 4.92. The summed E-state index contributed by atoms with van der Waals surface area (Å²) in [5, 5.41) is 11.9. The minimum absolute atomic E-state index is 0.0509. The van der Waals surface area contributed by atoms with E-state index in [4.69, 9.17) is 5.26 Å². The maximum absolute atomic E-state index is 8.87. The van der Waals surface area contributed by atoms with Crippen molar-refractivity contribution in [3.63, 3.8) is 0 Å². The smallest absolute Gasteiger partial charge is 0.180 e. The van der Waals surface area contributed by atoms with Crippen LogP contribution < -0.4 is 10.2 Å². The number of hydrogen-bond donors (Lipinski definition) is 1. The third-order valence-electron chi connectivity index (χ3n) is 2.74. The van der Waals surface area contributed by atoms with Crippen LogP contribution in [0.2, 0.25) is 0 Å². The van der Waals surface area contributed by atoms with Crippen LogP contribution in [0.3, 0.4) is 0 Å². The van der Waals surface area contributed by atoms with Crippen molar-refractivity contribution in [2.45, 2.75) is 6.92 Å². The molecule has 6 nitrogen and oxygen atoms in total. The summed E-state index contributed by atoms with van der Waals surface area (Å²) in [4.78, 5) is 10.8. The number of rotatable bonds is 4. The molecule has 1 unspecified atom stereocenters. The number of fused-ring (bicyclic) bond motifs is 1. The van der Waals surface area contributed by atoms with Crippen LogP contribution >= 0.6 is 0 Å². The first kappa shape index (κ1) is 12.2. The first-order valence-corrected chi connectivity index (χ1v) is 5.78. The summed E-state index contributed by atoms with van der Waals surface area (Å²) in [5.74, 6) is 1.49. The van der Waals surface area contributed by atoms with Gasteiger partial charge in [-0.3, -0.25) is 0 Å². The summed E-state index contributed by atoms with van der Waals surface area (Å²) >= 11 is 0. The minimum atomic E-state index is -0.0509. The van der Waals surface area contributed by atoms with Crippen LogP contribution in [0.4, 0.5) is 11.6 Å². The van der Waals surface area contributed by atoms with E-state index in [0.717, 1.165) is 17.3 Å². The molecule has 1 N–H and O–H groups in total. The van der Waals surface area contributed by atoms with E-state index in [0.29, 0.717) is 6.54 Å². The Morgan fingerprint density at radius 2 is 2.39 bits per heavy atom. The fourth-order valence-electron chi connectivity index (χ4n) is 1.83. The Kier molecular flexibility index (Phi) is 3.33. The first-order valence-electron chi connectivity index (χ1n) is 5.78. The number of hydrogen-bond acceptors (Lipinski definition) is 5. The minimum Gasteiger partial charge on any atom is -0.372 e. The summed E-state index contributed by atoms with van der Waals surface area (Å²) in [6.07, 6.45) is 5.50. The molecule has 0 saturated heterocycles. The Bertz CT molecular complexity index is 582. The van der Waals surface area contributed by atoms with Gasteiger partial charge in [0.25, 0.3) is 0 Å². The van der Waals surface area contributed by atoms with E-state index in [9.17, 15) is 0 Å². The Morgan fingerprint density at radius 1 is 1.61 bits per heavy atom. The summed E-state index contributed by atoms with van der Waals surface area (Å²) in [5.41, 5.74) is 0.793. The lowest BCUT2D eigenvalue weighted by atomic mass is 10.2. The lowest BCUT2D eigenvalue weighted by Crippen LogP contribution is -2.25. The average molecular weight is 244 g/mol. The van der Waals surface area contributed by atoms with Gasteiger partial charge in [-0.2, -0.15) is 5.26 Å². The first-order chi connectivity index (χ1) is 8.65. The summed E-state index contributed by atoms with van der Waals surface area (Å²) < 4.78 is 1.92. The van der Waals surface area contributed by atoms with E-state index >= 15 is 0 Å². The van der Waals surface area contributed by atoms with E-state index in [1.54, 1.807) is 6.20 Å². The van der Waals surface area contributed by atoms with E-state index < -0.39 is 0 Å². The fraction of sp³-hybridized carbons (Fsp3) is 0.417. The third-order valence-corrected chi connectivity index (χ3v) is 2.74. The second-order valence-electron chi connectivity index (χ2n) is 4.27. The topological polar surface area (TPSA) is 69.2 Å². The monoisotopic (exact) mass is 244 g/mol. The van der Waals surface area contributed by atoms with Gasteiger partial charge in [-0.1, -0.05) is 0 Å². The number of nitrogens with one attached hydrogen (secondary N) is 1. The molecule has 0 aliphatic carbocycles. The maximum atomic E-state index is 8.87. The SMILES string of the molecule is CNc1cn2ccnc2c(N(C)CC(C)C#N)n1. The van der Waals surface area contributed by atoms with Gasteiger partial charge in [0.1, 0.15) is 5.82 Å². The molecular weight excluding hydrogens is 228 g/mol. The van der Waals surface area contributed by atoms with Crippen molar-refractivity contribution in [1.29, 1.82) is 5.26 Å². The second-order valence-corrected chi connectivity index (χ2v) is 4.27. The molecule has 1 atom stereocenters. The molecule has 0 spiro atoms. The molecule has 0 aliphatic heterocycles. The van der Waals surface area contributed by atoms with Crippen molar-refractivity contribution in [2.75, 3.05) is 30.9 Å². The van der Waals surface area contributed by atoms with Gasteiger partial charge >= 0.3 is 0 Å². The zero-order chi connectivity index (χ0) is 13.1. The number of anilines is 2. The highest BCUT2D eigenvalue weighted by Gasteiger charge is 2.13. The van der Waals surface area contributed by atoms with E-state index in [-0.39, 0.29) is 5.92 Å². The molecule has 2 aromatic rings. The van der Waals surface area contributed by atoms with E-state index in [1.807, 2.05) is 42.7 Å². The quantitative estimate of drug-likeness (QED) is 0.879. The lowest BCUT2D eigenvalue weighted by Gasteiger charge is -2.20. The van der Waals surface area contributed by atoms with Gasteiger partial charge in [0.15, 0.2) is 11.5 Å². The van der Waals surface area contributed by atoms with E-state index in [1.165, 1.54) is 0 Å². The number of imidazole rings is 1. The predicted molar refractivity (Wildman–Crippen MR) is 70.6 cm³/mol. The van der Waals surface area contributed by atoms with Crippen molar-refractivity contribution in [1.82, 2.24) is 14.4 Å². The van der Waals surface area contributed by atoms with Crippen molar-refractivity contribution in [3.05, 3.63) is 18.6 Å². The maximum Gasteiger partial charge on any atom is 0.180 e. The molecule has 0 saturated carbocycles. The molecule has 0 fully saturated rings. The number of nitrogens with zero attached hydrogens (tertiary/aromatic N) is 5. The van der Waals surface area contributed by atoms with E-state index in [2.05, 4.69) is 21.4 Å². The zero-order valence-corrected chi connectivity index (χ0v) is 10.8. The Balaban J connectivity index is 2.42. The Labute approximate surface area is 106 Å². The molecule has 0 aromatic carbocycles. The van der Waals surface area contributed by atoms with Crippen molar-refractivity contribution >= 4 is 17.3 Å². The standard InChI is InChI=1S/C12H16N6/c1-9(6-13)7-17(3)12-11-15-4-5-18(11)8-10(14-2)16-12/h4-5,8-9,14H,7H2,1-3H3. The van der Waals surface area contributed by atoms with Crippen LogP contribution in [0.1, 0.15) is 6.92 Å². The molecule has 2 heterocycles. The van der Waals surface area contributed by atoms with Crippen LogP contribution in [-0.4, -0.2) is 35.0 Å². The van der Waals surface area contributed by atoms with Crippen molar-refractivity contribution in [3.8, 4) is 6.07 Å². The summed E-state index contributed by atoms with van der Waals surface area (Å²) in [6.45, 7) is 2.51. The molecule has 0 amide bonds. The molecule has 18 heavy (non-hydrogen) atoms. The van der Waals surface area contributed by atoms with Crippen LogP contribution in [0.5, 0.6) is 0 Å². The predicted octanol–water partition coefficient (Wildman–Crippen LogP) is 1.37. The zero-order valence-electron chi connectivity index (χ0n) is 10.8. The summed E-state index contributed by atoms with van der Waals surface area (Å²) in [6, 6.07) is 2.22. The summed E-state index contributed by atoms with van der Waals surface area (Å²) in [7, 11) is 3.75. The van der Waals surface area contributed by atoms with Gasteiger partial charge in [-0.15, -0.1) is 0 Å². The highest BCUT2D eigenvalue weighted by atomic mass is 15.2. The van der Waals surface area contributed by atoms with Crippen LogP contribution in [-0.2, 0) is 0 Å². The number of aromatic nitrogens is 3. The van der Waals surface area contributed by atoms with Gasteiger partial charge < -0.3 is 14.6 Å². The molecule has 2 rings (SSSR count). The fourth-order valence-corrected chi connectivity index (χ4v) is 1.83. The van der Waals surface area contributed by atoms with Gasteiger partial charge in [0.05, 0.1) is 18.2 Å². The van der Waals surface area contributed by atoms with Gasteiger partial charge in [0, 0.05) is 33.0 Å². The van der Waals surface area contributed by atoms with Gasteiger partial charge in [0.2, 0.25) is 0 Å². The largest absolute Gasteiger partial charge is 0.372 e. The highest BCUT2D eigenvalue weighted by molar-refractivity contribution is 5.66. The average Bonchev–Trinajstić information content (AvgIpc) is 2.85. The number of nitriles is 1. The Morgan fingerprint density at radius 3 is 3.06 bits per heavy atom. The van der Waals surface area contributed by atoms with Crippen molar-refractivity contribution in [2.24, 2.45) is 5.92 Å². The third kappa shape index (κ3) is 2.20. The molecule has 0 aliphatic rings. The molecule has 0 bridgehead atoms. The molecule has 6 heteroatoms. The molecular formula is C12H16N6. The molecule has 94 valence electrons. The van der Waals surface area contributed by atoms with Crippen molar-refractivity contribution < 1.29 is 0 Å². The molecule has 0 radical (unpaired) electrons. The van der Waals surface area contributed by atoms with Gasteiger partial charge in [-0.05, 0) is 6.92 Å². The Hall–Kier alpha value is -2.29. The molecule has 2 aromatic heterocycles. The lowest BCUT2D eigenvalue weighted by molar-refractivity contribution is 0.710. The van der Waals surface area contributed by atoms with Crippen LogP contribution in [0.25, 0.3) is 5.65 Å². The van der Waals surface area contributed by atoms with Crippen LogP contribution in [0, 0.1) is 17.2 Å². The van der Waals surface area contributed by atoms with Gasteiger partial charge in [-0.25, -0.2) is 9.97 Å². The normalized spacial score (nSPS) is 12.1. The highest BCUT2D eigenvalue weighted by Crippen LogP contribution is 2.20. The van der Waals surface area contributed by atoms with Crippen LogP contribution in [0.15, 0.2) is 18.6 Å².